The number of hydrogen-bond acceptors (Lipinski definition) is 7. The maximum absolute atomic E-state index is 13.1. The first-order chi connectivity index (χ1) is 16.7. The van der Waals surface area contributed by atoms with Crippen molar-refractivity contribution in [1.29, 1.82) is 0 Å². The van der Waals surface area contributed by atoms with Crippen LogP contribution in [0.15, 0.2) is 67.0 Å². The number of pyridine rings is 1. The minimum absolute atomic E-state index is 0.247. The minimum Gasteiger partial charge on any atom is -0.378 e. The molecule has 1 fully saturated rings. The average molecular weight is 451 g/mol. The molecule has 2 aromatic heterocycles. The van der Waals surface area contributed by atoms with Gasteiger partial charge in [-0.1, -0.05) is 36.4 Å². The highest BCUT2D eigenvalue weighted by Gasteiger charge is 2.35. The van der Waals surface area contributed by atoms with Crippen molar-refractivity contribution in [3.63, 3.8) is 0 Å². The van der Waals surface area contributed by atoms with Gasteiger partial charge in [-0.3, -0.25) is 14.5 Å². The van der Waals surface area contributed by atoms with Crippen LogP contribution in [-0.4, -0.2) is 58.0 Å². The summed E-state index contributed by atoms with van der Waals surface area (Å²) in [6, 6.07) is 18.6. The van der Waals surface area contributed by atoms with E-state index in [0.717, 1.165) is 35.6 Å². The van der Waals surface area contributed by atoms with Crippen LogP contribution in [-0.2, 0) is 11.3 Å². The molecule has 0 unspecified atom stereocenters. The molecule has 0 aliphatic carbocycles. The zero-order chi connectivity index (χ0) is 23.1. The van der Waals surface area contributed by atoms with Gasteiger partial charge < -0.3 is 9.64 Å². The molecule has 8 heteroatoms. The molecule has 0 atom stereocenters. The van der Waals surface area contributed by atoms with Crippen molar-refractivity contribution in [2.24, 2.45) is 0 Å². The van der Waals surface area contributed by atoms with Crippen LogP contribution in [0, 0.1) is 0 Å². The summed E-state index contributed by atoms with van der Waals surface area (Å²) >= 11 is 0. The maximum Gasteiger partial charge on any atom is 0.261 e. The predicted octanol–water partition coefficient (Wildman–Crippen LogP) is 3.32. The van der Waals surface area contributed by atoms with E-state index in [0.29, 0.717) is 35.6 Å². The van der Waals surface area contributed by atoms with Gasteiger partial charge in [-0.2, -0.15) is 0 Å². The van der Waals surface area contributed by atoms with Gasteiger partial charge in [0.1, 0.15) is 11.8 Å². The summed E-state index contributed by atoms with van der Waals surface area (Å²) in [4.78, 5) is 43.2. The lowest BCUT2D eigenvalue weighted by Gasteiger charge is -2.28. The van der Waals surface area contributed by atoms with E-state index >= 15 is 0 Å². The van der Waals surface area contributed by atoms with Crippen LogP contribution in [0.25, 0.3) is 22.3 Å². The van der Waals surface area contributed by atoms with E-state index in [1.807, 2.05) is 48.5 Å². The molecule has 0 spiro atoms. The van der Waals surface area contributed by atoms with Crippen LogP contribution in [0.4, 0.5) is 5.82 Å². The fourth-order valence-corrected chi connectivity index (χ4v) is 4.45. The molecule has 2 aromatic carbocycles. The van der Waals surface area contributed by atoms with E-state index in [1.54, 1.807) is 18.5 Å². The number of morpholine rings is 1. The van der Waals surface area contributed by atoms with Gasteiger partial charge in [0.25, 0.3) is 11.8 Å². The number of benzene rings is 2. The molecule has 34 heavy (non-hydrogen) atoms. The molecule has 2 amide bonds. The number of ether oxygens (including phenoxy) is 1. The first-order valence-electron chi connectivity index (χ1n) is 11.2. The standard InChI is InChI=1S/C26H21N5O3/c32-25-19-7-6-18(14-20(19)26(33)31(25)15-17-4-2-1-3-5-17)21-8-9-22-23(29-21)24(28-16-27-22)30-10-12-34-13-11-30/h1-9,14,16H,10-13,15H2. The zero-order valence-electron chi connectivity index (χ0n) is 18.3. The summed E-state index contributed by atoms with van der Waals surface area (Å²) in [7, 11) is 0. The molecule has 8 nitrogen and oxygen atoms in total. The van der Waals surface area contributed by atoms with Crippen molar-refractivity contribution in [3.05, 3.63) is 83.7 Å². The Balaban J connectivity index is 1.36. The van der Waals surface area contributed by atoms with E-state index < -0.39 is 0 Å². The van der Waals surface area contributed by atoms with E-state index in [2.05, 4.69) is 14.9 Å². The summed E-state index contributed by atoms with van der Waals surface area (Å²) in [5.41, 5.74) is 4.64. The van der Waals surface area contributed by atoms with E-state index in [-0.39, 0.29) is 18.4 Å². The molecule has 2 aliphatic heterocycles. The quantitative estimate of drug-likeness (QED) is 0.440. The first-order valence-corrected chi connectivity index (χ1v) is 11.2. The van der Waals surface area contributed by atoms with E-state index in [4.69, 9.17) is 9.72 Å². The van der Waals surface area contributed by atoms with Gasteiger partial charge in [-0.15, -0.1) is 0 Å². The lowest BCUT2D eigenvalue weighted by atomic mass is 10.0. The lowest BCUT2D eigenvalue weighted by Crippen LogP contribution is -2.37. The number of rotatable bonds is 4. The smallest absolute Gasteiger partial charge is 0.261 e. The Labute approximate surface area is 195 Å². The summed E-state index contributed by atoms with van der Waals surface area (Å²) in [5, 5.41) is 0. The van der Waals surface area contributed by atoms with Gasteiger partial charge in [0.15, 0.2) is 5.82 Å². The first kappa shape index (κ1) is 20.4. The second kappa shape index (κ2) is 8.31. The molecule has 0 radical (unpaired) electrons. The topological polar surface area (TPSA) is 88.5 Å². The van der Waals surface area contributed by atoms with Crippen LogP contribution in [0.5, 0.6) is 0 Å². The Bertz CT molecular complexity index is 1420. The molecule has 0 N–H and O–H groups in total. The van der Waals surface area contributed by atoms with E-state index in [1.165, 1.54) is 4.90 Å². The van der Waals surface area contributed by atoms with E-state index in [9.17, 15) is 9.59 Å². The number of fused-ring (bicyclic) bond motifs is 2. The molecular weight excluding hydrogens is 430 g/mol. The largest absolute Gasteiger partial charge is 0.378 e. The van der Waals surface area contributed by atoms with Crippen molar-refractivity contribution >= 4 is 28.7 Å². The fraction of sp³-hybridized carbons (Fsp3) is 0.192. The van der Waals surface area contributed by atoms with Crippen molar-refractivity contribution in [1.82, 2.24) is 19.9 Å². The monoisotopic (exact) mass is 451 g/mol. The number of carbonyl (C=O) groups excluding carboxylic acids is 2. The van der Waals surface area contributed by atoms with Gasteiger partial charge in [-0.25, -0.2) is 15.0 Å². The van der Waals surface area contributed by atoms with Crippen LogP contribution in [0.2, 0.25) is 0 Å². The van der Waals surface area contributed by atoms with Crippen molar-refractivity contribution in [2.75, 3.05) is 31.2 Å². The Morgan fingerprint density at radius 2 is 1.65 bits per heavy atom. The number of imide groups is 1. The second-order valence-corrected chi connectivity index (χ2v) is 8.30. The van der Waals surface area contributed by atoms with Crippen LogP contribution >= 0.6 is 0 Å². The van der Waals surface area contributed by atoms with Gasteiger partial charge >= 0.3 is 0 Å². The van der Waals surface area contributed by atoms with Crippen molar-refractivity contribution < 1.29 is 14.3 Å². The molecule has 1 saturated heterocycles. The van der Waals surface area contributed by atoms with Gasteiger partial charge in [0, 0.05) is 18.7 Å². The summed E-state index contributed by atoms with van der Waals surface area (Å²) in [5.74, 6) is 0.213. The Hall–Kier alpha value is -4.17. The van der Waals surface area contributed by atoms with Gasteiger partial charge in [0.2, 0.25) is 0 Å². The summed E-state index contributed by atoms with van der Waals surface area (Å²) in [6.07, 6.45) is 1.55. The number of hydrogen-bond donors (Lipinski definition) is 0. The number of aromatic nitrogens is 3. The Morgan fingerprint density at radius 1 is 0.853 bits per heavy atom. The van der Waals surface area contributed by atoms with Crippen LogP contribution in [0.3, 0.4) is 0 Å². The highest BCUT2D eigenvalue weighted by atomic mass is 16.5. The lowest BCUT2D eigenvalue weighted by molar-refractivity contribution is 0.0642. The number of nitrogens with zero attached hydrogens (tertiary/aromatic N) is 5. The average Bonchev–Trinajstić information content (AvgIpc) is 3.13. The predicted molar refractivity (Wildman–Crippen MR) is 126 cm³/mol. The highest BCUT2D eigenvalue weighted by molar-refractivity contribution is 6.21. The van der Waals surface area contributed by atoms with Gasteiger partial charge in [-0.05, 0) is 29.8 Å². The van der Waals surface area contributed by atoms with Gasteiger partial charge in [0.05, 0.1) is 42.1 Å². The molecule has 168 valence electrons. The SMILES string of the molecule is O=C1c2ccc(-c3ccc4ncnc(N5CCOCC5)c4n3)cc2C(=O)N1Cc1ccccc1. The third kappa shape index (κ3) is 3.48. The highest BCUT2D eigenvalue weighted by Crippen LogP contribution is 2.31. The number of carbonyl (C=O) groups is 2. The molecule has 4 heterocycles. The molecule has 6 rings (SSSR count). The Morgan fingerprint density at radius 3 is 2.47 bits per heavy atom. The minimum atomic E-state index is -0.288. The van der Waals surface area contributed by atoms with Crippen LogP contribution in [0.1, 0.15) is 26.3 Å². The summed E-state index contributed by atoms with van der Waals surface area (Å²) < 4.78 is 5.46. The number of anilines is 1. The fourth-order valence-electron chi connectivity index (χ4n) is 4.45. The third-order valence-corrected chi connectivity index (χ3v) is 6.22. The zero-order valence-corrected chi connectivity index (χ0v) is 18.3. The summed E-state index contributed by atoms with van der Waals surface area (Å²) in [6.45, 7) is 3.02. The van der Waals surface area contributed by atoms with Crippen molar-refractivity contribution in [3.8, 4) is 11.3 Å². The third-order valence-electron chi connectivity index (χ3n) is 6.22. The maximum atomic E-state index is 13.1. The normalized spacial score (nSPS) is 15.8. The number of amides is 2. The van der Waals surface area contributed by atoms with Crippen molar-refractivity contribution in [2.45, 2.75) is 6.54 Å². The molecular formula is C26H21N5O3. The van der Waals surface area contributed by atoms with Crippen LogP contribution < -0.4 is 4.90 Å². The molecule has 4 aromatic rings. The molecule has 2 aliphatic rings. The second-order valence-electron chi connectivity index (χ2n) is 8.30. The molecule has 0 saturated carbocycles. The molecule has 0 bridgehead atoms. The Kier molecular flexibility index (Phi) is 5.00.